The molecule has 3 rings (SSSR count). The summed E-state index contributed by atoms with van der Waals surface area (Å²) < 4.78 is 30.6. The van der Waals surface area contributed by atoms with Crippen LogP contribution in [0.2, 0.25) is 0 Å². The first-order chi connectivity index (χ1) is 13.2. The predicted molar refractivity (Wildman–Crippen MR) is 106 cm³/mol. The lowest BCUT2D eigenvalue weighted by Gasteiger charge is -2.29. The van der Waals surface area contributed by atoms with Gasteiger partial charge in [0.1, 0.15) is 0 Å². The summed E-state index contributed by atoms with van der Waals surface area (Å²) in [7, 11) is -0.699. The van der Waals surface area contributed by atoms with Crippen LogP contribution in [0.15, 0.2) is 40.6 Å². The smallest absolute Gasteiger partial charge is 0.338 e. The highest BCUT2D eigenvalue weighted by Gasteiger charge is 2.28. The fourth-order valence-corrected chi connectivity index (χ4v) is 4.74. The largest absolute Gasteiger partial charge is 0.449 e. The third-order valence-electron chi connectivity index (χ3n) is 4.62. The average Bonchev–Trinajstić information content (AvgIpc) is 3.15. The minimum Gasteiger partial charge on any atom is -0.449 e. The molecule has 1 aliphatic heterocycles. The van der Waals surface area contributed by atoms with Crippen LogP contribution in [0.3, 0.4) is 0 Å². The van der Waals surface area contributed by atoms with Crippen LogP contribution in [0.5, 0.6) is 0 Å². The summed E-state index contributed by atoms with van der Waals surface area (Å²) in [6.07, 6.45) is -0.112. The summed E-state index contributed by atoms with van der Waals surface area (Å²) in [6.45, 7) is 2.68. The average molecular weight is 423 g/mol. The molecular formula is C19H22N2O5S2. The monoisotopic (exact) mass is 422 g/mol. The first-order valence-corrected chi connectivity index (χ1v) is 11.1. The van der Waals surface area contributed by atoms with Gasteiger partial charge in [-0.05, 0) is 54.6 Å². The molecule has 0 saturated heterocycles. The number of ether oxygens (including phenoxy) is 1. The van der Waals surface area contributed by atoms with Crippen LogP contribution < -0.4 is 0 Å². The molecule has 0 fully saturated rings. The Hall–Kier alpha value is -2.23. The van der Waals surface area contributed by atoms with Gasteiger partial charge in [-0.2, -0.15) is 0 Å². The Labute approximate surface area is 168 Å². The second kappa shape index (κ2) is 8.02. The Morgan fingerprint density at radius 3 is 2.50 bits per heavy atom. The number of fused-ring (bicyclic) bond motifs is 1. The van der Waals surface area contributed by atoms with Gasteiger partial charge in [0, 0.05) is 32.1 Å². The Morgan fingerprint density at radius 2 is 1.86 bits per heavy atom. The van der Waals surface area contributed by atoms with Crippen molar-refractivity contribution in [1.29, 1.82) is 0 Å². The van der Waals surface area contributed by atoms with E-state index in [1.807, 2.05) is 11.4 Å². The number of esters is 1. The van der Waals surface area contributed by atoms with Gasteiger partial charge in [0.15, 0.2) is 6.10 Å². The van der Waals surface area contributed by atoms with Crippen molar-refractivity contribution in [2.75, 3.05) is 20.6 Å². The van der Waals surface area contributed by atoms with Crippen molar-refractivity contribution in [2.45, 2.75) is 30.9 Å². The highest BCUT2D eigenvalue weighted by atomic mass is 32.2. The van der Waals surface area contributed by atoms with E-state index in [4.69, 9.17) is 4.74 Å². The van der Waals surface area contributed by atoms with Gasteiger partial charge >= 0.3 is 5.97 Å². The fourth-order valence-electron chi connectivity index (χ4n) is 2.95. The Kier molecular flexibility index (Phi) is 5.87. The van der Waals surface area contributed by atoms with Gasteiger partial charge < -0.3 is 9.64 Å². The van der Waals surface area contributed by atoms with E-state index in [1.54, 1.807) is 23.2 Å². The van der Waals surface area contributed by atoms with E-state index in [1.165, 1.54) is 43.2 Å². The standard InChI is InChI=1S/C19H22N2O5S2/c1-13(18(22)21-10-8-17-15(12-21)9-11-27-17)26-19(23)14-4-6-16(7-5-14)28(24,25)20(2)3/h4-7,9,11,13H,8,10,12H2,1-3H3. The quantitative estimate of drug-likeness (QED) is 0.690. The number of benzene rings is 1. The molecule has 2 heterocycles. The van der Waals surface area contributed by atoms with Crippen LogP contribution in [0.4, 0.5) is 0 Å². The van der Waals surface area contributed by atoms with Crippen molar-refractivity contribution < 1.29 is 22.7 Å². The Morgan fingerprint density at radius 1 is 1.18 bits per heavy atom. The van der Waals surface area contributed by atoms with Gasteiger partial charge in [-0.15, -0.1) is 11.3 Å². The Balaban J connectivity index is 1.63. The SMILES string of the molecule is CC(OC(=O)c1ccc(S(=O)(=O)N(C)C)cc1)C(=O)N1CCc2sccc2C1. The zero-order valence-electron chi connectivity index (χ0n) is 15.9. The minimum atomic E-state index is -3.57. The molecule has 9 heteroatoms. The maximum Gasteiger partial charge on any atom is 0.338 e. The second-order valence-corrected chi connectivity index (χ2v) is 9.89. The zero-order chi connectivity index (χ0) is 20.5. The first kappa shape index (κ1) is 20.5. The lowest BCUT2D eigenvalue weighted by Crippen LogP contribution is -2.42. The number of rotatable bonds is 5. The molecule has 1 aliphatic rings. The van der Waals surface area contributed by atoms with Gasteiger partial charge in [0.2, 0.25) is 10.0 Å². The molecule has 1 unspecified atom stereocenters. The van der Waals surface area contributed by atoms with Crippen LogP contribution in [0, 0.1) is 0 Å². The molecule has 28 heavy (non-hydrogen) atoms. The highest BCUT2D eigenvalue weighted by molar-refractivity contribution is 7.89. The zero-order valence-corrected chi connectivity index (χ0v) is 17.5. The number of sulfonamides is 1. The molecular weight excluding hydrogens is 400 g/mol. The molecule has 1 aromatic heterocycles. The summed E-state index contributed by atoms with van der Waals surface area (Å²) in [5, 5.41) is 2.02. The van der Waals surface area contributed by atoms with E-state index in [2.05, 4.69) is 0 Å². The lowest BCUT2D eigenvalue weighted by atomic mass is 10.1. The third kappa shape index (κ3) is 4.11. The van der Waals surface area contributed by atoms with Crippen LogP contribution >= 0.6 is 11.3 Å². The number of carbonyl (C=O) groups is 2. The van der Waals surface area contributed by atoms with Gasteiger partial charge in [0.05, 0.1) is 10.5 Å². The van der Waals surface area contributed by atoms with Crippen molar-refractivity contribution in [3.8, 4) is 0 Å². The highest BCUT2D eigenvalue weighted by Crippen LogP contribution is 2.24. The maximum absolute atomic E-state index is 12.6. The Bertz CT molecular complexity index is 980. The van der Waals surface area contributed by atoms with E-state index >= 15 is 0 Å². The summed E-state index contributed by atoms with van der Waals surface area (Å²) in [5.41, 5.74) is 1.33. The number of amides is 1. The molecule has 1 atom stereocenters. The molecule has 0 radical (unpaired) electrons. The number of thiophene rings is 1. The van der Waals surface area contributed by atoms with Crippen LogP contribution in [-0.2, 0) is 32.5 Å². The second-order valence-electron chi connectivity index (χ2n) is 6.74. The number of nitrogens with zero attached hydrogens (tertiary/aromatic N) is 2. The topological polar surface area (TPSA) is 84.0 Å². The third-order valence-corrected chi connectivity index (χ3v) is 7.47. The molecule has 2 aromatic rings. The molecule has 7 nitrogen and oxygen atoms in total. The van der Waals surface area contributed by atoms with E-state index < -0.39 is 22.1 Å². The van der Waals surface area contributed by atoms with Crippen LogP contribution in [-0.4, -0.2) is 56.2 Å². The molecule has 0 spiro atoms. The van der Waals surface area contributed by atoms with E-state index in [0.717, 1.165) is 16.3 Å². The van der Waals surface area contributed by atoms with Gasteiger partial charge in [0.25, 0.3) is 5.91 Å². The molecule has 0 aliphatic carbocycles. The maximum atomic E-state index is 12.6. The van der Waals surface area contributed by atoms with Crippen molar-refractivity contribution in [3.63, 3.8) is 0 Å². The summed E-state index contributed by atoms with van der Waals surface area (Å²) in [6, 6.07) is 7.48. The lowest BCUT2D eigenvalue weighted by molar-refractivity contribution is -0.140. The van der Waals surface area contributed by atoms with Crippen LogP contribution in [0.25, 0.3) is 0 Å². The summed E-state index contributed by atoms with van der Waals surface area (Å²) in [4.78, 5) is 28.0. The molecule has 150 valence electrons. The van der Waals surface area contributed by atoms with Crippen molar-refractivity contribution in [2.24, 2.45) is 0 Å². The number of hydrogen-bond acceptors (Lipinski definition) is 6. The van der Waals surface area contributed by atoms with Gasteiger partial charge in [-0.25, -0.2) is 17.5 Å². The number of hydrogen-bond donors (Lipinski definition) is 0. The molecule has 0 bridgehead atoms. The molecule has 0 N–H and O–H groups in total. The van der Waals surface area contributed by atoms with Crippen molar-refractivity contribution in [1.82, 2.24) is 9.21 Å². The van der Waals surface area contributed by atoms with Crippen LogP contribution in [0.1, 0.15) is 27.7 Å². The van der Waals surface area contributed by atoms with Crippen molar-refractivity contribution >= 4 is 33.2 Å². The summed E-state index contributed by atoms with van der Waals surface area (Å²) >= 11 is 1.69. The van der Waals surface area contributed by atoms with Gasteiger partial charge in [-0.3, -0.25) is 4.79 Å². The molecule has 1 amide bonds. The summed E-state index contributed by atoms with van der Waals surface area (Å²) in [5.74, 6) is -0.903. The predicted octanol–water partition coefficient (Wildman–Crippen LogP) is 2.13. The van der Waals surface area contributed by atoms with E-state index in [9.17, 15) is 18.0 Å². The fraction of sp³-hybridized carbons (Fsp3) is 0.368. The van der Waals surface area contributed by atoms with E-state index in [-0.39, 0.29) is 16.4 Å². The van der Waals surface area contributed by atoms with E-state index in [0.29, 0.717) is 13.1 Å². The molecule has 0 saturated carbocycles. The minimum absolute atomic E-state index is 0.0815. The van der Waals surface area contributed by atoms with Gasteiger partial charge in [-0.1, -0.05) is 0 Å². The molecule has 1 aromatic carbocycles. The number of carbonyl (C=O) groups excluding carboxylic acids is 2. The van der Waals surface area contributed by atoms with Crippen molar-refractivity contribution in [3.05, 3.63) is 51.7 Å². The normalized spacial score (nSPS) is 15.2. The first-order valence-electron chi connectivity index (χ1n) is 8.77.